The van der Waals surface area contributed by atoms with Gasteiger partial charge in [0.2, 0.25) is 0 Å². The van der Waals surface area contributed by atoms with Crippen LogP contribution in [0, 0.1) is 5.92 Å². The van der Waals surface area contributed by atoms with E-state index in [1.165, 1.54) is 7.11 Å². The van der Waals surface area contributed by atoms with Gasteiger partial charge >= 0.3 is 5.97 Å². The van der Waals surface area contributed by atoms with Crippen LogP contribution >= 0.6 is 13.5 Å². The molecule has 0 amide bonds. The molecule has 15 heavy (non-hydrogen) atoms. The fraction of sp³-hybridized carbons (Fsp3) is 0.417. The first-order valence-electron chi connectivity index (χ1n) is 4.79. The Balaban J connectivity index is 0.00000196. The van der Waals surface area contributed by atoms with Crippen molar-refractivity contribution < 1.29 is 9.53 Å². The third-order valence-corrected chi connectivity index (χ3v) is 2.28. The topological polar surface area (TPSA) is 26.3 Å². The van der Waals surface area contributed by atoms with Gasteiger partial charge < -0.3 is 4.74 Å². The molecule has 1 aromatic rings. The summed E-state index contributed by atoms with van der Waals surface area (Å²) in [6.45, 7) is 4.04. The normalized spacial score (nSPS) is 11.7. The van der Waals surface area contributed by atoms with Crippen LogP contribution in [0.25, 0.3) is 0 Å². The summed E-state index contributed by atoms with van der Waals surface area (Å²) in [5.41, 5.74) is 1.02. The number of carbonyl (C=O) groups excluding carboxylic acids is 1. The number of methoxy groups -OCH3 is 1. The Morgan fingerprint density at radius 2 is 1.73 bits per heavy atom. The lowest BCUT2D eigenvalue weighted by Crippen LogP contribution is -2.19. The number of benzene rings is 1. The number of rotatable bonds is 3. The Morgan fingerprint density at radius 3 is 2.13 bits per heavy atom. The fourth-order valence-corrected chi connectivity index (χ4v) is 1.58. The monoisotopic (exact) mass is 226 g/mol. The van der Waals surface area contributed by atoms with Crippen molar-refractivity contribution >= 4 is 19.5 Å². The van der Waals surface area contributed by atoms with Gasteiger partial charge in [-0.05, 0) is 11.5 Å². The minimum absolute atomic E-state index is 0. The van der Waals surface area contributed by atoms with Crippen LogP contribution in [0.4, 0.5) is 0 Å². The Hall–Kier alpha value is -0.960. The molecule has 0 unspecified atom stereocenters. The van der Waals surface area contributed by atoms with Crippen molar-refractivity contribution in [3.63, 3.8) is 0 Å². The van der Waals surface area contributed by atoms with Crippen LogP contribution in [0.2, 0.25) is 0 Å². The molecule has 0 aliphatic heterocycles. The smallest absolute Gasteiger partial charge is 0.313 e. The largest absolute Gasteiger partial charge is 0.469 e. The van der Waals surface area contributed by atoms with Crippen molar-refractivity contribution in [1.82, 2.24) is 0 Å². The molecule has 0 saturated carbocycles. The number of ether oxygens (including phenoxy) is 1. The molecule has 2 nitrogen and oxygen atoms in total. The first kappa shape index (κ1) is 14.0. The number of carbonyl (C=O) groups is 1. The molecule has 0 bridgehead atoms. The highest BCUT2D eigenvalue weighted by Gasteiger charge is 2.24. The summed E-state index contributed by atoms with van der Waals surface area (Å²) in [5.74, 6) is -0.0581. The second kappa shape index (κ2) is 6.51. The maximum Gasteiger partial charge on any atom is 0.313 e. The average molecular weight is 226 g/mol. The van der Waals surface area contributed by atoms with Crippen LogP contribution in [-0.4, -0.2) is 13.1 Å². The van der Waals surface area contributed by atoms with Crippen LogP contribution in [0.1, 0.15) is 25.3 Å². The van der Waals surface area contributed by atoms with Gasteiger partial charge in [0.15, 0.2) is 0 Å². The molecule has 84 valence electrons. The Bertz CT molecular complexity index is 296. The van der Waals surface area contributed by atoms with Gasteiger partial charge in [0.1, 0.15) is 0 Å². The molecule has 0 aliphatic carbocycles. The standard InChI is InChI=1S/C12H16O2.H2S/c1-9(2)11(12(13)14-3)10-7-5-4-6-8-10;/h4-9,11H,1-3H3;1H2/t11-;/m1./s1. The van der Waals surface area contributed by atoms with Gasteiger partial charge in [-0.15, -0.1) is 0 Å². The second-order valence-corrected chi connectivity index (χ2v) is 3.66. The van der Waals surface area contributed by atoms with E-state index in [1.54, 1.807) is 0 Å². The quantitative estimate of drug-likeness (QED) is 0.741. The summed E-state index contributed by atoms with van der Waals surface area (Å²) in [5, 5.41) is 0. The van der Waals surface area contributed by atoms with Gasteiger partial charge in [0, 0.05) is 0 Å². The van der Waals surface area contributed by atoms with Crippen molar-refractivity contribution in [2.45, 2.75) is 19.8 Å². The van der Waals surface area contributed by atoms with Crippen molar-refractivity contribution in [1.29, 1.82) is 0 Å². The maximum atomic E-state index is 11.5. The molecule has 0 aliphatic rings. The molecule has 3 heteroatoms. The Morgan fingerprint density at radius 1 is 1.20 bits per heavy atom. The Kier molecular flexibility index (Phi) is 6.09. The molecule has 0 spiro atoms. The number of esters is 1. The molecule has 0 heterocycles. The second-order valence-electron chi connectivity index (χ2n) is 3.66. The summed E-state index contributed by atoms with van der Waals surface area (Å²) < 4.78 is 4.79. The lowest BCUT2D eigenvalue weighted by atomic mass is 9.89. The zero-order valence-electron chi connectivity index (χ0n) is 9.36. The highest BCUT2D eigenvalue weighted by atomic mass is 32.1. The van der Waals surface area contributed by atoms with Gasteiger partial charge in [0.05, 0.1) is 13.0 Å². The van der Waals surface area contributed by atoms with E-state index in [2.05, 4.69) is 0 Å². The van der Waals surface area contributed by atoms with Gasteiger partial charge in [-0.3, -0.25) is 4.79 Å². The van der Waals surface area contributed by atoms with Crippen LogP contribution in [0.5, 0.6) is 0 Å². The van der Waals surface area contributed by atoms with E-state index >= 15 is 0 Å². The van der Waals surface area contributed by atoms with Crippen molar-refractivity contribution in [2.24, 2.45) is 5.92 Å². The number of hydrogen-bond donors (Lipinski definition) is 0. The SMILES string of the molecule is COC(=O)[C@@H](c1ccccc1)C(C)C.S. The summed E-state index contributed by atoms with van der Waals surface area (Å²) >= 11 is 0. The molecule has 0 radical (unpaired) electrons. The molecule has 1 aromatic carbocycles. The van der Waals surface area contributed by atoms with Crippen LogP contribution in [-0.2, 0) is 9.53 Å². The highest BCUT2D eigenvalue weighted by Crippen LogP contribution is 2.25. The summed E-state index contributed by atoms with van der Waals surface area (Å²) in [4.78, 5) is 11.5. The lowest BCUT2D eigenvalue weighted by Gasteiger charge is -2.18. The molecule has 0 N–H and O–H groups in total. The van der Waals surface area contributed by atoms with Gasteiger partial charge in [0.25, 0.3) is 0 Å². The van der Waals surface area contributed by atoms with Crippen molar-refractivity contribution in [3.05, 3.63) is 35.9 Å². The van der Waals surface area contributed by atoms with Gasteiger partial charge in [-0.25, -0.2) is 0 Å². The molecule has 0 aromatic heterocycles. The van der Waals surface area contributed by atoms with E-state index in [9.17, 15) is 4.79 Å². The highest BCUT2D eigenvalue weighted by molar-refractivity contribution is 7.59. The minimum atomic E-state index is -0.161. The van der Waals surface area contributed by atoms with E-state index in [0.29, 0.717) is 0 Å². The average Bonchev–Trinajstić information content (AvgIpc) is 2.19. The van der Waals surface area contributed by atoms with Crippen LogP contribution in [0.15, 0.2) is 30.3 Å². The first-order chi connectivity index (χ1) is 6.66. The zero-order chi connectivity index (χ0) is 10.6. The van der Waals surface area contributed by atoms with Gasteiger partial charge in [-0.2, -0.15) is 13.5 Å². The van der Waals surface area contributed by atoms with E-state index in [0.717, 1.165) is 5.56 Å². The molecule has 1 atom stereocenters. The zero-order valence-corrected chi connectivity index (χ0v) is 10.4. The van der Waals surface area contributed by atoms with E-state index in [-0.39, 0.29) is 31.3 Å². The molecule has 0 fully saturated rings. The predicted molar refractivity (Wildman–Crippen MR) is 66.4 cm³/mol. The lowest BCUT2D eigenvalue weighted by molar-refractivity contribution is -0.143. The first-order valence-corrected chi connectivity index (χ1v) is 4.79. The van der Waals surface area contributed by atoms with E-state index in [4.69, 9.17) is 4.74 Å². The van der Waals surface area contributed by atoms with Gasteiger partial charge in [-0.1, -0.05) is 44.2 Å². The summed E-state index contributed by atoms with van der Waals surface area (Å²) in [6, 6.07) is 9.74. The summed E-state index contributed by atoms with van der Waals surface area (Å²) in [6.07, 6.45) is 0. The number of hydrogen-bond acceptors (Lipinski definition) is 2. The van der Waals surface area contributed by atoms with Crippen molar-refractivity contribution in [2.75, 3.05) is 7.11 Å². The van der Waals surface area contributed by atoms with Crippen LogP contribution in [0.3, 0.4) is 0 Å². The molecular formula is C12H18O2S. The molecular weight excluding hydrogens is 208 g/mol. The maximum absolute atomic E-state index is 11.5. The minimum Gasteiger partial charge on any atom is -0.469 e. The third kappa shape index (κ3) is 3.59. The molecule has 1 rings (SSSR count). The van der Waals surface area contributed by atoms with Crippen molar-refractivity contribution in [3.8, 4) is 0 Å². The van der Waals surface area contributed by atoms with E-state index in [1.807, 2.05) is 44.2 Å². The van der Waals surface area contributed by atoms with E-state index < -0.39 is 0 Å². The molecule has 0 saturated heterocycles. The third-order valence-electron chi connectivity index (χ3n) is 2.28. The Labute approximate surface area is 98.1 Å². The predicted octanol–water partition coefficient (Wildman–Crippen LogP) is 2.71. The fourth-order valence-electron chi connectivity index (χ4n) is 1.58. The summed E-state index contributed by atoms with van der Waals surface area (Å²) in [7, 11) is 1.43. The van der Waals surface area contributed by atoms with Crippen LogP contribution < -0.4 is 0 Å².